The lowest BCUT2D eigenvalue weighted by molar-refractivity contribution is -0.140. The Balaban J connectivity index is 1.82. The lowest BCUT2D eigenvalue weighted by Gasteiger charge is -2.24. The number of aliphatic hydroxyl groups excluding tert-OH is 1. The quantitative estimate of drug-likeness (QED) is 0.241. The normalized spacial score (nSPS) is 17.4. The summed E-state index contributed by atoms with van der Waals surface area (Å²) in [5.74, 6) is -1.53. The van der Waals surface area contributed by atoms with Crippen molar-refractivity contribution in [2.45, 2.75) is 19.5 Å². The second-order valence-corrected chi connectivity index (χ2v) is 7.64. The van der Waals surface area contributed by atoms with Crippen LogP contribution in [0.2, 0.25) is 0 Å². The number of benzene rings is 2. The third kappa shape index (κ3) is 4.30. The summed E-state index contributed by atoms with van der Waals surface area (Å²) in [6.07, 6.45) is 3.09. The number of ether oxygens (including phenoxy) is 1. The molecule has 1 saturated heterocycles. The molecule has 0 bridgehead atoms. The Morgan fingerprint density at radius 2 is 1.97 bits per heavy atom. The molecule has 6 nitrogen and oxygen atoms in total. The number of hydrogen-bond acceptors (Lipinski definition) is 5. The summed E-state index contributed by atoms with van der Waals surface area (Å²) in [5, 5.41) is 11.0. The highest BCUT2D eigenvalue weighted by atomic mass is 19.1. The van der Waals surface area contributed by atoms with E-state index in [1.165, 1.54) is 23.3 Å². The van der Waals surface area contributed by atoms with Crippen LogP contribution < -0.4 is 4.74 Å². The summed E-state index contributed by atoms with van der Waals surface area (Å²) in [4.78, 5) is 27.3. The zero-order chi connectivity index (χ0) is 23.5. The number of aliphatic hydroxyl groups is 1. The van der Waals surface area contributed by atoms with E-state index >= 15 is 0 Å². The van der Waals surface area contributed by atoms with Crippen LogP contribution in [0, 0.1) is 12.7 Å². The van der Waals surface area contributed by atoms with Gasteiger partial charge in [-0.25, -0.2) is 4.39 Å². The van der Waals surface area contributed by atoms with E-state index < -0.39 is 29.3 Å². The van der Waals surface area contributed by atoms with Crippen molar-refractivity contribution in [3.63, 3.8) is 0 Å². The Bertz CT molecular complexity index is 1230. The largest absolute Gasteiger partial charge is 0.507 e. The van der Waals surface area contributed by atoms with Crippen molar-refractivity contribution in [1.82, 2.24) is 4.90 Å². The second-order valence-electron chi connectivity index (χ2n) is 7.64. The minimum absolute atomic E-state index is 0.0238. The van der Waals surface area contributed by atoms with E-state index in [2.05, 4.69) is 6.58 Å². The van der Waals surface area contributed by atoms with Gasteiger partial charge in [-0.05, 0) is 48.4 Å². The van der Waals surface area contributed by atoms with Gasteiger partial charge < -0.3 is 19.2 Å². The number of likely N-dealkylation sites (tertiary alicyclic amines) is 1. The van der Waals surface area contributed by atoms with Crippen LogP contribution in [-0.4, -0.2) is 28.3 Å². The zero-order valence-electron chi connectivity index (χ0n) is 18.0. The molecule has 1 atom stereocenters. The van der Waals surface area contributed by atoms with Gasteiger partial charge in [-0.1, -0.05) is 36.9 Å². The van der Waals surface area contributed by atoms with Gasteiger partial charge in [-0.3, -0.25) is 9.59 Å². The van der Waals surface area contributed by atoms with Gasteiger partial charge in [0.25, 0.3) is 11.7 Å². The van der Waals surface area contributed by atoms with E-state index in [0.29, 0.717) is 29.2 Å². The highest BCUT2D eigenvalue weighted by molar-refractivity contribution is 6.46. The number of rotatable bonds is 7. The first-order valence-corrected chi connectivity index (χ1v) is 10.3. The lowest BCUT2D eigenvalue weighted by Crippen LogP contribution is -2.29. The molecule has 1 fully saturated rings. The van der Waals surface area contributed by atoms with Crippen LogP contribution in [0.5, 0.6) is 5.75 Å². The average Bonchev–Trinajstić information content (AvgIpc) is 3.42. The molecule has 0 aliphatic carbocycles. The van der Waals surface area contributed by atoms with E-state index in [9.17, 15) is 19.1 Å². The fourth-order valence-electron chi connectivity index (χ4n) is 3.76. The molecule has 0 spiro atoms. The number of aryl methyl sites for hydroxylation is 1. The molecule has 33 heavy (non-hydrogen) atoms. The fourth-order valence-corrected chi connectivity index (χ4v) is 3.76. The van der Waals surface area contributed by atoms with Crippen molar-refractivity contribution < 1.29 is 28.2 Å². The summed E-state index contributed by atoms with van der Waals surface area (Å²) >= 11 is 0. The number of hydrogen-bond donors (Lipinski definition) is 1. The number of carbonyl (C=O) groups excluding carboxylic acids is 2. The van der Waals surface area contributed by atoms with Crippen LogP contribution in [0.15, 0.2) is 83.5 Å². The molecule has 0 unspecified atom stereocenters. The van der Waals surface area contributed by atoms with E-state index in [4.69, 9.17) is 9.15 Å². The highest BCUT2D eigenvalue weighted by Gasteiger charge is 2.46. The number of carbonyl (C=O) groups is 2. The Morgan fingerprint density at radius 1 is 1.21 bits per heavy atom. The van der Waals surface area contributed by atoms with Gasteiger partial charge >= 0.3 is 0 Å². The van der Waals surface area contributed by atoms with E-state index in [1.807, 2.05) is 0 Å². The number of ketones is 1. The molecule has 4 rings (SSSR count). The Morgan fingerprint density at radius 3 is 2.61 bits per heavy atom. The first kappa shape index (κ1) is 22.1. The van der Waals surface area contributed by atoms with Gasteiger partial charge in [0.05, 0.1) is 24.4 Å². The van der Waals surface area contributed by atoms with Crippen molar-refractivity contribution >= 4 is 17.4 Å². The van der Waals surface area contributed by atoms with Crippen molar-refractivity contribution in [3.8, 4) is 5.75 Å². The number of furan rings is 1. The van der Waals surface area contributed by atoms with Crippen LogP contribution in [0.25, 0.3) is 5.76 Å². The maximum absolute atomic E-state index is 14.2. The van der Waals surface area contributed by atoms with Gasteiger partial charge in [0.1, 0.15) is 29.7 Å². The number of amides is 1. The SMILES string of the molecule is C=CCOc1ccc([C@H]2C(=C(O)c3ccc(C)c(F)c3)C(=O)C(=O)N2Cc2ccco2)cc1. The van der Waals surface area contributed by atoms with Gasteiger partial charge in [0, 0.05) is 5.56 Å². The van der Waals surface area contributed by atoms with Crippen molar-refractivity contribution in [2.75, 3.05) is 6.61 Å². The Hall–Kier alpha value is -4.13. The third-order valence-electron chi connectivity index (χ3n) is 5.46. The predicted octanol–water partition coefficient (Wildman–Crippen LogP) is 4.91. The summed E-state index contributed by atoms with van der Waals surface area (Å²) in [5.41, 5.74) is 0.983. The molecule has 1 aromatic heterocycles. The molecule has 2 aromatic carbocycles. The molecule has 7 heteroatoms. The summed E-state index contributed by atoms with van der Waals surface area (Å²) in [7, 11) is 0. The molecule has 3 aromatic rings. The standard InChI is InChI=1S/C26H22FNO5/c1-3-12-32-19-10-8-17(9-11-19)23-22(24(29)18-7-6-16(2)21(27)14-18)25(30)26(31)28(23)15-20-5-4-13-33-20/h3-11,13-14,23,29H,1,12,15H2,2H3/t23-/m0/s1. The van der Waals surface area contributed by atoms with E-state index in [0.717, 1.165) is 6.07 Å². The smallest absolute Gasteiger partial charge is 0.296 e. The Labute approximate surface area is 190 Å². The third-order valence-corrected chi connectivity index (χ3v) is 5.46. The van der Waals surface area contributed by atoms with Gasteiger partial charge in [0.15, 0.2) is 0 Å². The molecular formula is C26H22FNO5. The summed E-state index contributed by atoms with van der Waals surface area (Å²) in [6, 6.07) is 13.5. The van der Waals surface area contributed by atoms with Crippen LogP contribution >= 0.6 is 0 Å². The van der Waals surface area contributed by atoms with Gasteiger partial charge in [-0.15, -0.1) is 0 Å². The number of halogens is 1. The minimum atomic E-state index is -0.895. The lowest BCUT2D eigenvalue weighted by atomic mass is 9.95. The molecule has 0 radical (unpaired) electrons. The van der Waals surface area contributed by atoms with Gasteiger partial charge in [0.2, 0.25) is 0 Å². The van der Waals surface area contributed by atoms with Crippen molar-refractivity contribution in [2.24, 2.45) is 0 Å². The molecule has 0 saturated carbocycles. The molecule has 1 amide bonds. The average molecular weight is 447 g/mol. The maximum atomic E-state index is 14.2. The topological polar surface area (TPSA) is 80.0 Å². The number of Topliss-reactive ketones (excluding diaryl/α,β-unsaturated/α-hetero) is 1. The maximum Gasteiger partial charge on any atom is 0.296 e. The summed E-state index contributed by atoms with van der Waals surface area (Å²) < 4.78 is 25.1. The van der Waals surface area contributed by atoms with Crippen molar-refractivity contribution in [1.29, 1.82) is 0 Å². The number of nitrogens with zero attached hydrogens (tertiary/aromatic N) is 1. The molecule has 168 valence electrons. The minimum Gasteiger partial charge on any atom is -0.507 e. The monoisotopic (exact) mass is 447 g/mol. The van der Waals surface area contributed by atoms with E-state index in [-0.39, 0.29) is 17.7 Å². The predicted molar refractivity (Wildman–Crippen MR) is 120 cm³/mol. The van der Waals surface area contributed by atoms with Crippen LogP contribution in [0.3, 0.4) is 0 Å². The van der Waals surface area contributed by atoms with Crippen LogP contribution in [0.4, 0.5) is 4.39 Å². The first-order valence-electron chi connectivity index (χ1n) is 10.3. The molecule has 1 aliphatic rings. The summed E-state index contributed by atoms with van der Waals surface area (Å²) in [6.45, 7) is 5.56. The van der Waals surface area contributed by atoms with Crippen LogP contribution in [0.1, 0.15) is 28.5 Å². The Kier molecular flexibility index (Phi) is 6.13. The molecule has 2 heterocycles. The highest BCUT2D eigenvalue weighted by Crippen LogP contribution is 2.40. The van der Waals surface area contributed by atoms with Crippen molar-refractivity contribution in [3.05, 3.63) is 107 Å². The van der Waals surface area contributed by atoms with Crippen LogP contribution in [-0.2, 0) is 16.1 Å². The molecular weight excluding hydrogens is 425 g/mol. The zero-order valence-corrected chi connectivity index (χ0v) is 18.0. The van der Waals surface area contributed by atoms with E-state index in [1.54, 1.807) is 49.4 Å². The molecule has 1 aliphatic heterocycles. The molecule has 1 N–H and O–H groups in total. The fraction of sp³-hybridized carbons (Fsp3) is 0.154. The second kappa shape index (κ2) is 9.16. The van der Waals surface area contributed by atoms with Gasteiger partial charge in [-0.2, -0.15) is 0 Å². The first-order chi connectivity index (χ1) is 15.9.